The number of hydrogen-bond donors (Lipinski definition) is 1. The monoisotopic (exact) mass is 416 g/mol. The highest BCUT2D eigenvalue weighted by molar-refractivity contribution is 6.46. The van der Waals surface area contributed by atoms with E-state index in [1.54, 1.807) is 31.4 Å². The molecule has 5 nitrogen and oxygen atoms in total. The standard InChI is InChI=1S/C25H21FN2O3/c1-3-16-4-10-19(11-5-16)27-23-22(17-6-14-21(31-2)15-7-17)24(29)28(25(23)30)20-12-8-18(26)9-13-20/h4-15,27H,3H2,1-2H3. The van der Waals surface area contributed by atoms with Crippen LogP contribution in [0.4, 0.5) is 15.8 Å². The molecule has 0 fully saturated rings. The number of hydrogen-bond acceptors (Lipinski definition) is 4. The van der Waals surface area contributed by atoms with Crippen molar-refractivity contribution in [2.75, 3.05) is 17.3 Å². The van der Waals surface area contributed by atoms with E-state index in [0.717, 1.165) is 16.9 Å². The Kier molecular flexibility index (Phi) is 5.54. The molecule has 0 aromatic heterocycles. The molecule has 2 amide bonds. The van der Waals surface area contributed by atoms with Crippen LogP contribution in [0, 0.1) is 5.82 Å². The molecular weight excluding hydrogens is 395 g/mol. The number of nitrogens with one attached hydrogen (secondary N) is 1. The van der Waals surface area contributed by atoms with Crippen LogP contribution in [-0.4, -0.2) is 18.9 Å². The zero-order valence-electron chi connectivity index (χ0n) is 17.2. The lowest BCUT2D eigenvalue weighted by Crippen LogP contribution is -2.32. The molecule has 0 bridgehead atoms. The largest absolute Gasteiger partial charge is 0.497 e. The third kappa shape index (κ3) is 3.92. The summed E-state index contributed by atoms with van der Waals surface area (Å²) in [6, 6.07) is 19.9. The molecule has 0 aliphatic carbocycles. The quantitative estimate of drug-likeness (QED) is 0.587. The smallest absolute Gasteiger partial charge is 0.282 e. The first kappa shape index (κ1) is 20.3. The van der Waals surface area contributed by atoms with E-state index < -0.39 is 17.6 Å². The van der Waals surface area contributed by atoms with E-state index in [2.05, 4.69) is 12.2 Å². The molecular formula is C25H21FN2O3. The SMILES string of the molecule is CCc1ccc(NC2=C(c3ccc(OC)cc3)C(=O)N(c3ccc(F)cc3)C2=O)cc1. The van der Waals surface area contributed by atoms with E-state index in [4.69, 9.17) is 4.74 Å². The molecule has 1 heterocycles. The molecule has 0 saturated heterocycles. The van der Waals surface area contributed by atoms with Crippen molar-refractivity contribution < 1.29 is 18.7 Å². The maximum atomic E-state index is 13.4. The lowest BCUT2D eigenvalue weighted by molar-refractivity contribution is -0.120. The molecule has 1 aliphatic heterocycles. The van der Waals surface area contributed by atoms with Crippen LogP contribution in [0.5, 0.6) is 5.75 Å². The van der Waals surface area contributed by atoms with Crippen molar-refractivity contribution in [1.29, 1.82) is 0 Å². The van der Waals surface area contributed by atoms with Gasteiger partial charge in [0.25, 0.3) is 11.8 Å². The summed E-state index contributed by atoms with van der Waals surface area (Å²) < 4.78 is 18.6. The Balaban J connectivity index is 1.78. The minimum absolute atomic E-state index is 0.170. The van der Waals surface area contributed by atoms with Crippen LogP contribution in [0.25, 0.3) is 5.57 Å². The van der Waals surface area contributed by atoms with E-state index in [1.165, 1.54) is 24.3 Å². The van der Waals surface area contributed by atoms with Gasteiger partial charge in [-0.3, -0.25) is 9.59 Å². The van der Waals surface area contributed by atoms with Crippen molar-refractivity contribution in [2.45, 2.75) is 13.3 Å². The molecule has 0 unspecified atom stereocenters. The van der Waals surface area contributed by atoms with Crippen molar-refractivity contribution in [3.05, 3.63) is 95.4 Å². The zero-order chi connectivity index (χ0) is 22.0. The van der Waals surface area contributed by atoms with Crippen molar-refractivity contribution in [3.63, 3.8) is 0 Å². The van der Waals surface area contributed by atoms with E-state index in [-0.39, 0.29) is 11.3 Å². The lowest BCUT2D eigenvalue weighted by Gasteiger charge is -2.15. The second-order valence-corrected chi connectivity index (χ2v) is 7.08. The lowest BCUT2D eigenvalue weighted by atomic mass is 10.0. The van der Waals surface area contributed by atoms with Gasteiger partial charge >= 0.3 is 0 Å². The number of nitrogens with zero attached hydrogens (tertiary/aromatic N) is 1. The normalized spacial score (nSPS) is 13.7. The molecule has 156 valence electrons. The van der Waals surface area contributed by atoms with Crippen molar-refractivity contribution in [1.82, 2.24) is 0 Å². The molecule has 3 aromatic carbocycles. The van der Waals surface area contributed by atoms with Crippen molar-refractivity contribution >= 4 is 28.8 Å². The van der Waals surface area contributed by atoms with E-state index in [9.17, 15) is 14.0 Å². The molecule has 1 N–H and O–H groups in total. The Labute approximate surface area is 179 Å². The summed E-state index contributed by atoms with van der Waals surface area (Å²) in [7, 11) is 1.56. The molecule has 0 saturated carbocycles. The number of rotatable bonds is 6. The summed E-state index contributed by atoms with van der Waals surface area (Å²) in [6.07, 6.45) is 0.899. The van der Waals surface area contributed by atoms with Gasteiger partial charge in [0.2, 0.25) is 0 Å². The highest BCUT2D eigenvalue weighted by Gasteiger charge is 2.40. The Bertz CT molecular complexity index is 1150. The van der Waals surface area contributed by atoms with E-state index in [1.807, 2.05) is 24.3 Å². The highest BCUT2D eigenvalue weighted by atomic mass is 19.1. The van der Waals surface area contributed by atoms with Gasteiger partial charge in [-0.25, -0.2) is 9.29 Å². The first-order valence-electron chi connectivity index (χ1n) is 9.91. The average molecular weight is 416 g/mol. The summed E-state index contributed by atoms with van der Waals surface area (Å²) in [5.74, 6) is -0.779. The number of anilines is 2. The third-order valence-corrected chi connectivity index (χ3v) is 5.18. The maximum Gasteiger partial charge on any atom is 0.282 e. The first-order chi connectivity index (χ1) is 15.0. The number of imide groups is 1. The number of aryl methyl sites for hydroxylation is 1. The van der Waals surface area contributed by atoms with Crippen molar-refractivity contribution in [3.8, 4) is 5.75 Å². The molecule has 0 spiro atoms. The van der Waals surface area contributed by atoms with Gasteiger partial charge in [0, 0.05) is 5.69 Å². The average Bonchev–Trinajstić information content (AvgIpc) is 3.04. The summed E-state index contributed by atoms with van der Waals surface area (Å²) >= 11 is 0. The van der Waals surface area contributed by atoms with Crippen LogP contribution in [0.15, 0.2) is 78.5 Å². The van der Waals surface area contributed by atoms with Crippen LogP contribution in [0.3, 0.4) is 0 Å². The van der Waals surface area contributed by atoms with Crippen LogP contribution >= 0.6 is 0 Å². The molecule has 4 rings (SSSR count). The Morgan fingerprint density at radius 1 is 0.871 bits per heavy atom. The van der Waals surface area contributed by atoms with Gasteiger partial charge in [0.05, 0.1) is 18.4 Å². The number of ether oxygens (including phenoxy) is 1. The summed E-state index contributed by atoms with van der Waals surface area (Å²) in [6.45, 7) is 2.06. The first-order valence-corrected chi connectivity index (χ1v) is 9.91. The van der Waals surface area contributed by atoms with E-state index in [0.29, 0.717) is 22.7 Å². The fourth-order valence-electron chi connectivity index (χ4n) is 3.46. The Hall–Kier alpha value is -3.93. The molecule has 6 heteroatoms. The second kappa shape index (κ2) is 8.44. The number of benzene rings is 3. The summed E-state index contributed by atoms with van der Waals surface area (Å²) in [5.41, 5.74) is 3.16. The van der Waals surface area contributed by atoms with Crippen LogP contribution in [-0.2, 0) is 16.0 Å². The van der Waals surface area contributed by atoms with Gasteiger partial charge in [-0.15, -0.1) is 0 Å². The Morgan fingerprint density at radius 2 is 1.52 bits per heavy atom. The van der Waals surface area contributed by atoms with Gasteiger partial charge in [-0.05, 0) is 66.1 Å². The zero-order valence-corrected chi connectivity index (χ0v) is 17.2. The molecule has 1 aliphatic rings. The number of methoxy groups -OCH3 is 1. The van der Waals surface area contributed by atoms with Crippen LogP contribution in [0.2, 0.25) is 0 Å². The minimum Gasteiger partial charge on any atom is -0.497 e. The predicted octanol–water partition coefficient (Wildman–Crippen LogP) is 4.79. The summed E-state index contributed by atoms with van der Waals surface area (Å²) in [4.78, 5) is 27.7. The Morgan fingerprint density at radius 3 is 2.10 bits per heavy atom. The van der Waals surface area contributed by atoms with Crippen LogP contribution < -0.4 is 15.0 Å². The fourth-order valence-corrected chi connectivity index (χ4v) is 3.46. The predicted molar refractivity (Wildman–Crippen MR) is 118 cm³/mol. The van der Waals surface area contributed by atoms with Gasteiger partial charge < -0.3 is 10.1 Å². The van der Waals surface area contributed by atoms with Crippen molar-refractivity contribution in [2.24, 2.45) is 0 Å². The van der Waals surface area contributed by atoms with Gasteiger partial charge in [0.1, 0.15) is 17.3 Å². The van der Waals surface area contributed by atoms with E-state index >= 15 is 0 Å². The molecule has 0 radical (unpaired) electrons. The second-order valence-electron chi connectivity index (χ2n) is 7.08. The maximum absolute atomic E-state index is 13.4. The molecule has 0 atom stereocenters. The number of halogens is 1. The topological polar surface area (TPSA) is 58.6 Å². The van der Waals surface area contributed by atoms with Gasteiger partial charge in [-0.1, -0.05) is 31.2 Å². The van der Waals surface area contributed by atoms with Gasteiger partial charge in [-0.2, -0.15) is 0 Å². The fraction of sp³-hybridized carbons (Fsp3) is 0.120. The number of amides is 2. The minimum atomic E-state index is -0.498. The molecule has 31 heavy (non-hydrogen) atoms. The number of carbonyl (C=O) groups excluding carboxylic acids is 2. The number of carbonyl (C=O) groups is 2. The van der Waals surface area contributed by atoms with Crippen LogP contribution in [0.1, 0.15) is 18.1 Å². The van der Waals surface area contributed by atoms with Gasteiger partial charge in [0.15, 0.2) is 0 Å². The summed E-state index contributed by atoms with van der Waals surface area (Å²) in [5, 5.41) is 3.12. The third-order valence-electron chi connectivity index (χ3n) is 5.18. The molecule has 3 aromatic rings. The highest BCUT2D eigenvalue weighted by Crippen LogP contribution is 2.34.